The van der Waals surface area contributed by atoms with Crippen molar-refractivity contribution in [3.63, 3.8) is 0 Å². The molecule has 0 bridgehead atoms. The normalized spacial score (nSPS) is 9.69. The van der Waals surface area contributed by atoms with Crippen molar-refractivity contribution in [3.05, 3.63) is 12.2 Å². The van der Waals surface area contributed by atoms with Crippen LogP contribution in [0.3, 0.4) is 0 Å². The van der Waals surface area contributed by atoms with Crippen molar-refractivity contribution in [1.82, 2.24) is 0 Å². The van der Waals surface area contributed by atoms with Gasteiger partial charge in [0.2, 0.25) is 0 Å². The Morgan fingerprint density at radius 3 is 2.06 bits per heavy atom. The minimum absolute atomic E-state index is 0.291. The van der Waals surface area contributed by atoms with Crippen molar-refractivity contribution in [2.45, 2.75) is 57.8 Å². The highest BCUT2D eigenvalue weighted by Gasteiger charge is 1.97. The van der Waals surface area contributed by atoms with Crippen LogP contribution in [0.25, 0.3) is 0 Å². The van der Waals surface area contributed by atoms with E-state index >= 15 is 0 Å². The molecular formula is C13H21NO2. The molecule has 90 valence electrons. The molecule has 3 nitrogen and oxygen atoms in total. The number of rotatable bonds is 10. The molecule has 3 heteroatoms. The summed E-state index contributed by atoms with van der Waals surface area (Å²) in [4.78, 5) is 10.2. The zero-order chi connectivity index (χ0) is 12.2. The summed E-state index contributed by atoms with van der Waals surface area (Å²) < 4.78 is 0. The lowest BCUT2D eigenvalue weighted by molar-refractivity contribution is -0.137. The maximum atomic E-state index is 10.2. The largest absolute Gasteiger partial charge is 0.481 e. The number of carbonyl (C=O) groups is 1. The molecule has 0 fully saturated rings. The number of aliphatic carboxylic acids is 1. The summed E-state index contributed by atoms with van der Waals surface area (Å²) in [7, 11) is 0. The highest BCUT2D eigenvalue weighted by Crippen LogP contribution is 2.12. The number of nitriles is 1. The Labute approximate surface area is 97.8 Å². The third-order valence-electron chi connectivity index (χ3n) is 2.50. The summed E-state index contributed by atoms with van der Waals surface area (Å²) in [6, 6.07) is 2.09. The van der Waals surface area contributed by atoms with E-state index in [4.69, 9.17) is 10.4 Å². The zero-order valence-corrected chi connectivity index (χ0v) is 9.87. The van der Waals surface area contributed by atoms with E-state index in [0.29, 0.717) is 12.8 Å². The average molecular weight is 223 g/mol. The Bertz CT molecular complexity index is 253. The van der Waals surface area contributed by atoms with Gasteiger partial charge in [-0.2, -0.15) is 5.26 Å². The molecule has 1 N–H and O–H groups in total. The van der Waals surface area contributed by atoms with Crippen molar-refractivity contribution in [2.75, 3.05) is 0 Å². The van der Waals surface area contributed by atoms with Gasteiger partial charge in [-0.3, -0.25) is 4.79 Å². The van der Waals surface area contributed by atoms with Crippen LogP contribution in [-0.4, -0.2) is 11.1 Å². The van der Waals surface area contributed by atoms with Gasteiger partial charge in [0, 0.05) is 6.42 Å². The first-order chi connectivity index (χ1) is 7.66. The first kappa shape index (κ1) is 14.7. The molecule has 0 aliphatic heterocycles. The van der Waals surface area contributed by atoms with Crippen molar-refractivity contribution in [2.24, 2.45) is 0 Å². The van der Waals surface area contributed by atoms with E-state index in [1.807, 2.05) is 0 Å². The Kier molecular flexibility index (Phi) is 9.39. The van der Waals surface area contributed by atoms with E-state index in [9.17, 15) is 4.79 Å². The summed E-state index contributed by atoms with van der Waals surface area (Å²) in [5.74, 6) is -0.701. The number of hydrogen-bond acceptors (Lipinski definition) is 2. The van der Waals surface area contributed by atoms with Crippen molar-refractivity contribution in [3.8, 4) is 6.07 Å². The Balaban J connectivity index is 3.13. The van der Waals surface area contributed by atoms with E-state index in [1.54, 1.807) is 0 Å². The van der Waals surface area contributed by atoms with Crippen LogP contribution in [0.4, 0.5) is 0 Å². The lowest BCUT2D eigenvalue weighted by Gasteiger charge is -2.01. The van der Waals surface area contributed by atoms with Crippen LogP contribution in [0.5, 0.6) is 0 Å². The van der Waals surface area contributed by atoms with Gasteiger partial charge in [0.05, 0.1) is 12.5 Å². The van der Waals surface area contributed by atoms with E-state index in [0.717, 1.165) is 50.5 Å². The number of hydrogen-bond donors (Lipinski definition) is 1. The predicted octanol–water partition coefficient (Wildman–Crippen LogP) is 3.66. The van der Waals surface area contributed by atoms with E-state index in [-0.39, 0.29) is 0 Å². The second kappa shape index (κ2) is 10.2. The second-order valence-electron chi connectivity index (χ2n) is 4.10. The summed E-state index contributed by atoms with van der Waals surface area (Å²) >= 11 is 0. The molecule has 0 heterocycles. The minimum atomic E-state index is -0.701. The maximum absolute atomic E-state index is 10.2. The van der Waals surface area contributed by atoms with Gasteiger partial charge in [-0.25, -0.2) is 0 Å². The number of carboxylic acids is 1. The molecular weight excluding hydrogens is 202 g/mol. The lowest BCUT2D eigenvalue weighted by Crippen LogP contribution is -1.93. The summed E-state index contributed by atoms with van der Waals surface area (Å²) in [6.07, 6.45) is 8.01. The first-order valence-electron chi connectivity index (χ1n) is 5.92. The molecule has 0 atom stereocenters. The molecule has 0 unspecified atom stereocenters. The summed E-state index contributed by atoms with van der Waals surface area (Å²) in [6.45, 7) is 3.82. The average Bonchev–Trinajstić information content (AvgIpc) is 2.22. The molecule has 0 amide bonds. The molecule has 0 aliphatic rings. The van der Waals surface area contributed by atoms with Crippen molar-refractivity contribution < 1.29 is 9.90 Å². The van der Waals surface area contributed by atoms with Crippen LogP contribution < -0.4 is 0 Å². The van der Waals surface area contributed by atoms with Gasteiger partial charge in [-0.15, -0.1) is 0 Å². The summed E-state index contributed by atoms with van der Waals surface area (Å²) in [5.41, 5.74) is 1.02. The molecule has 0 radical (unpaired) electrons. The van der Waals surface area contributed by atoms with E-state index in [2.05, 4.69) is 12.6 Å². The Morgan fingerprint density at radius 1 is 1.06 bits per heavy atom. The molecule has 0 aromatic carbocycles. The fourth-order valence-electron chi connectivity index (χ4n) is 1.56. The highest BCUT2D eigenvalue weighted by molar-refractivity contribution is 5.66. The van der Waals surface area contributed by atoms with Gasteiger partial charge in [-0.05, 0) is 19.3 Å². The van der Waals surface area contributed by atoms with Gasteiger partial charge in [-0.1, -0.05) is 37.8 Å². The quantitative estimate of drug-likeness (QED) is 0.454. The molecule has 0 rings (SSSR count). The molecule has 0 spiro atoms. The first-order valence-corrected chi connectivity index (χ1v) is 5.92. The summed E-state index contributed by atoms with van der Waals surface area (Å²) in [5, 5.41) is 16.9. The SMILES string of the molecule is C=C(CC#N)CCCCCCCCC(=O)O. The third kappa shape index (κ3) is 10.8. The smallest absolute Gasteiger partial charge is 0.303 e. The molecule has 0 saturated heterocycles. The maximum Gasteiger partial charge on any atom is 0.303 e. The van der Waals surface area contributed by atoms with Gasteiger partial charge in [0.25, 0.3) is 0 Å². The number of carboxylic acid groups (broad SMARTS) is 1. The minimum Gasteiger partial charge on any atom is -0.481 e. The van der Waals surface area contributed by atoms with Crippen molar-refractivity contribution in [1.29, 1.82) is 5.26 Å². The number of allylic oxidation sites excluding steroid dienone is 1. The van der Waals surface area contributed by atoms with Gasteiger partial charge < -0.3 is 5.11 Å². The van der Waals surface area contributed by atoms with Crippen LogP contribution >= 0.6 is 0 Å². The predicted molar refractivity (Wildman–Crippen MR) is 63.9 cm³/mol. The highest BCUT2D eigenvalue weighted by atomic mass is 16.4. The fourth-order valence-corrected chi connectivity index (χ4v) is 1.56. The van der Waals surface area contributed by atoms with Crippen LogP contribution in [0.2, 0.25) is 0 Å². The zero-order valence-electron chi connectivity index (χ0n) is 9.87. The lowest BCUT2D eigenvalue weighted by atomic mass is 10.0. The monoisotopic (exact) mass is 223 g/mol. The van der Waals surface area contributed by atoms with Crippen LogP contribution in [0.15, 0.2) is 12.2 Å². The number of nitrogens with zero attached hydrogens (tertiary/aromatic N) is 1. The standard InChI is InChI=1S/C13H21NO2/c1-12(10-11-14)8-6-4-2-3-5-7-9-13(15)16/h1-10H2,(H,15,16). The van der Waals surface area contributed by atoms with Crippen LogP contribution in [0.1, 0.15) is 57.8 Å². The van der Waals surface area contributed by atoms with Gasteiger partial charge >= 0.3 is 5.97 Å². The molecule has 0 saturated carbocycles. The topological polar surface area (TPSA) is 61.1 Å². The second-order valence-corrected chi connectivity index (χ2v) is 4.10. The van der Waals surface area contributed by atoms with Crippen molar-refractivity contribution >= 4 is 5.97 Å². The van der Waals surface area contributed by atoms with Crippen LogP contribution in [0, 0.1) is 11.3 Å². The Hall–Kier alpha value is -1.30. The van der Waals surface area contributed by atoms with E-state index in [1.165, 1.54) is 0 Å². The molecule has 0 aliphatic carbocycles. The van der Waals surface area contributed by atoms with Crippen LogP contribution in [-0.2, 0) is 4.79 Å². The third-order valence-corrected chi connectivity index (χ3v) is 2.50. The molecule has 16 heavy (non-hydrogen) atoms. The van der Waals surface area contributed by atoms with E-state index < -0.39 is 5.97 Å². The number of unbranched alkanes of at least 4 members (excludes halogenated alkanes) is 5. The van der Waals surface area contributed by atoms with Gasteiger partial charge in [0.1, 0.15) is 0 Å². The van der Waals surface area contributed by atoms with Gasteiger partial charge in [0.15, 0.2) is 0 Å². The fraction of sp³-hybridized carbons (Fsp3) is 0.692. The molecule has 0 aromatic rings. The Morgan fingerprint density at radius 2 is 1.56 bits per heavy atom. The molecule has 0 aromatic heterocycles.